The number of anilines is 1. The van der Waals surface area contributed by atoms with Crippen LogP contribution in [0.25, 0.3) is 0 Å². The molecule has 2 aromatic rings. The molecular weight excluding hydrogens is 318 g/mol. The number of thiocarbonyl (C=S) groups is 1. The topological polar surface area (TPSA) is 53.2 Å². The Labute approximate surface area is 147 Å². The first-order valence-electron chi connectivity index (χ1n) is 7.76. The Morgan fingerprint density at radius 3 is 2.42 bits per heavy atom. The van der Waals surface area contributed by atoms with Gasteiger partial charge in [0.25, 0.3) is 5.91 Å². The second-order valence-electron chi connectivity index (χ2n) is 5.75. The van der Waals surface area contributed by atoms with Gasteiger partial charge in [-0.05, 0) is 49.3 Å². The second kappa shape index (κ2) is 6.84. The average molecular weight is 337 g/mol. The van der Waals surface area contributed by atoms with Crippen LogP contribution >= 0.6 is 12.2 Å². The minimum Gasteiger partial charge on any atom is -0.351 e. The van der Waals surface area contributed by atoms with Crippen LogP contribution < -0.4 is 16.0 Å². The van der Waals surface area contributed by atoms with Gasteiger partial charge in [-0.2, -0.15) is 0 Å². The average Bonchev–Trinajstić information content (AvgIpc) is 2.55. The van der Waals surface area contributed by atoms with E-state index in [1.54, 1.807) is 0 Å². The molecule has 4 nitrogen and oxygen atoms in total. The van der Waals surface area contributed by atoms with Gasteiger partial charge in [-0.15, -0.1) is 0 Å². The molecule has 0 saturated carbocycles. The van der Waals surface area contributed by atoms with E-state index in [4.69, 9.17) is 12.2 Å². The molecule has 5 heteroatoms. The minimum absolute atomic E-state index is 0.144. The maximum atomic E-state index is 12.9. The first kappa shape index (κ1) is 16.2. The molecule has 1 atom stereocenters. The van der Waals surface area contributed by atoms with Crippen LogP contribution in [-0.2, 0) is 4.79 Å². The largest absolute Gasteiger partial charge is 0.351 e. The van der Waals surface area contributed by atoms with Crippen molar-refractivity contribution in [2.75, 3.05) is 5.32 Å². The van der Waals surface area contributed by atoms with Crippen molar-refractivity contribution in [2.24, 2.45) is 0 Å². The molecule has 1 heterocycles. The number of allylic oxidation sites excluding steroid dienone is 1. The zero-order valence-electron chi connectivity index (χ0n) is 13.6. The van der Waals surface area contributed by atoms with E-state index in [0.29, 0.717) is 10.7 Å². The van der Waals surface area contributed by atoms with E-state index in [0.717, 1.165) is 22.5 Å². The van der Waals surface area contributed by atoms with Crippen molar-refractivity contribution in [3.63, 3.8) is 0 Å². The number of hydrogen-bond donors (Lipinski definition) is 3. The van der Waals surface area contributed by atoms with Crippen molar-refractivity contribution in [1.29, 1.82) is 0 Å². The maximum absolute atomic E-state index is 12.9. The molecule has 1 aliphatic rings. The summed E-state index contributed by atoms with van der Waals surface area (Å²) in [4.78, 5) is 12.9. The van der Waals surface area contributed by atoms with Crippen LogP contribution in [0.2, 0.25) is 0 Å². The van der Waals surface area contributed by atoms with Crippen molar-refractivity contribution in [3.05, 3.63) is 77.0 Å². The number of nitrogens with one attached hydrogen (secondary N) is 3. The fourth-order valence-electron chi connectivity index (χ4n) is 2.86. The van der Waals surface area contributed by atoms with Gasteiger partial charge in [0.1, 0.15) is 0 Å². The summed E-state index contributed by atoms with van der Waals surface area (Å²) in [6.07, 6.45) is 0. The lowest BCUT2D eigenvalue weighted by molar-refractivity contribution is -0.113. The quantitative estimate of drug-likeness (QED) is 0.751. The van der Waals surface area contributed by atoms with Crippen LogP contribution in [0.1, 0.15) is 24.1 Å². The van der Waals surface area contributed by atoms with Gasteiger partial charge in [-0.25, -0.2) is 0 Å². The lowest BCUT2D eigenvalue weighted by Crippen LogP contribution is -2.46. The van der Waals surface area contributed by atoms with Gasteiger partial charge in [0.05, 0.1) is 11.6 Å². The number of para-hydroxylation sites is 1. The van der Waals surface area contributed by atoms with Crippen molar-refractivity contribution >= 4 is 28.9 Å². The highest BCUT2D eigenvalue weighted by Gasteiger charge is 2.30. The molecule has 3 N–H and O–H groups in total. The SMILES string of the molecule is CC1=C(C(=O)Nc2ccccc2)C(c2ccccc2C)NC(=S)N1. The van der Waals surface area contributed by atoms with E-state index in [-0.39, 0.29) is 11.9 Å². The third kappa shape index (κ3) is 3.31. The summed E-state index contributed by atoms with van der Waals surface area (Å²) in [7, 11) is 0. The van der Waals surface area contributed by atoms with Crippen molar-refractivity contribution < 1.29 is 4.79 Å². The van der Waals surface area contributed by atoms with Gasteiger partial charge in [0, 0.05) is 11.4 Å². The second-order valence-corrected chi connectivity index (χ2v) is 6.16. The third-order valence-electron chi connectivity index (χ3n) is 4.04. The van der Waals surface area contributed by atoms with Crippen LogP contribution in [0.15, 0.2) is 65.9 Å². The summed E-state index contributed by atoms with van der Waals surface area (Å²) >= 11 is 5.28. The fourth-order valence-corrected chi connectivity index (χ4v) is 3.13. The number of rotatable bonds is 3. The molecule has 122 valence electrons. The molecule has 1 aliphatic heterocycles. The predicted octanol–water partition coefficient (Wildman–Crippen LogP) is 3.43. The number of benzene rings is 2. The molecule has 24 heavy (non-hydrogen) atoms. The number of hydrogen-bond acceptors (Lipinski definition) is 2. The Morgan fingerprint density at radius 1 is 1.04 bits per heavy atom. The van der Waals surface area contributed by atoms with Crippen LogP contribution in [0.3, 0.4) is 0 Å². The fraction of sp³-hybridized carbons (Fsp3) is 0.158. The van der Waals surface area contributed by atoms with E-state index in [1.807, 2.05) is 68.4 Å². The molecule has 0 fully saturated rings. The maximum Gasteiger partial charge on any atom is 0.255 e. The van der Waals surface area contributed by atoms with Gasteiger partial charge in [-0.3, -0.25) is 4.79 Å². The van der Waals surface area contributed by atoms with Crippen molar-refractivity contribution in [1.82, 2.24) is 10.6 Å². The normalized spacial score (nSPS) is 17.1. The number of carbonyl (C=O) groups is 1. The molecule has 0 aromatic heterocycles. The highest BCUT2D eigenvalue weighted by Crippen LogP contribution is 2.29. The molecule has 1 unspecified atom stereocenters. The number of amides is 1. The van der Waals surface area contributed by atoms with Crippen molar-refractivity contribution in [2.45, 2.75) is 19.9 Å². The van der Waals surface area contributed by atoms with Crippen LogP contribution in [0.5, 0.6) is 0 Å². The Morgan fingerprint density at radius 2 is 1.71 bits per heavy atom. The summed E-state index contributed by atoms with van der Waals surface area (Å²) in [6, 6.07) is 17.2. The summed E-state index contributed by atoms with van der Waals surface area (Å²) in [5.74, 6) is -0.144. The van der Waals surface area contributed by atoms with Crippen LogP contribution in [0, 0.1) is 6.92 Å². The van der Waals surface area contributed by atoms with E-state index in [9.17, 15) is 4.79 Å². The molecule has 3 rings (SSSR count). The zero-order valence-corrected chi connectivity index (χ0v) is 14.4. The van der Waals surface area contributed by atoms with Gasteiger partial charge in [0.2, 0.25) is 0 Å². The minimum atomic E-state index is -0.274. The first-order chi connectivity index (χ1) is 11.6. The summed E-state index contributed by atoms with van der Waals surface area (Å²) in [6.45, 7) is 3.91. The highest BCUT2D eigenvalue weighted by molar-refractivity contribution is 7.80. The van der Waals surface area contributed by atoms with E-state index >= 15 is 0 Å². The monoisotopic (exact) mass is 337 g/mol. The summed E-state index contributed by atoms with van der Waals surface area (Å²) in [5.41, 5.74) is 4.32. The summed E-state index contributed by atoms with van der Waals surface area (Å²) in [5, 5.41) is 9.76. The van der Waals surface area contributed by atoms with Gasteiger partial charge in [-0.1, -0.05) is 42.5 Å². The lowest BCUT2D eigenvalue weighted by Gasteiger charge is -2.31. The predicted molar refractivity (Wildman–Crippen MR) is 101 cm³/mol. The number of carbonyl (C=O) groups excluding carboxylic acids is 1. The molecule has 0 aliphatic carbocycles. The Kier molecular flexibility index (Phi) is 4.62. The van der Waals surface area contributed by atoms with Gasteiger partial charge < -0.3 is 16.0 Å². The molecule has 2 aromatic carbocycles. The number of aryl methyl sites for hydroxylation is 1. The Hall–Kier alpha value is -2.66. The standard InChI is InChI=1S/C19H19N3OS/c1-12-8-6-7-11-15(12)17-16(13(2)20-19(24)22-17)18(23)21-14-9-4-3-5-10-14/h3-11,17H,1-2H3,(H,21,23)(H2,20,22,24). The molecule has 0 radical (unpaired) electrons. The van der Waals surface area contributed by atoms with E-state index in [1.165, 1.54) is 0 Å². The van der Waals surface area contributed by atoms with Gasteiger partial charge in [0.15, 0.2) is 5.11 Å². The summed E-state index contributed by atoms with van der Waals surface area (Å²) < 4.78 is 0. The molecule has 0 bridgehead atoms. The van der Waals surface area contributed by atoms with Crippen molar-refractivity contribution in [3.8, 4) is 0 Å². The Balaban J connectivity index is 1.98. The highest BCUT2D eigenvalue weighted by atomic mass is 32.1. The lowest BCUT2D eigenvalue weighted by atomic mass is 9.92. The zero-order chi connectivity index (χ0) is 17.1. The molecule has 1 amide bonds. The van der Waals surface area contributed by atoms with E-state index < -0.39 is 0 Å². The van der Waals surface area contributed by atoms with Crippen LogP contribution in [0.4, 0.5) is 5.69 Å². The third-order valence-corrected chi connectivity index (χ3v) is 4.26. The Bertz CT molecular complexity index is 814. The molecule has 0 spiro atoms. The van der Waals surface area contributed by atoms with Gasteiger partial charge >= 0.3 is 0 Å². The first-order valence-corrected chi connectivity index (χ1v) is 8.17. The smallest absolute Gasteiger partial charge is 0.255 e. The van der Waals surface area contributed by atoms with Crippen LogP contribution in [-0.4, -0.2) is 11.0 Å². The molecular formula is C19H19N3OS. The molecule has 0 saturated heterocycles. The van der Waals surface area contributed by atoms with E-state index in [2.05, 4.69) is 16.0 Å².